The van der Waals surface area contributed by atoms with Crippen molar-refractivity contribution in [2.24, 2.45) is 17.1 Å². The molecule has 7 heteroatoms. The van der Waals surface area contributed by atoms with E-state index in [9.17, 15) is 14.7 Å². The van der Waals surface area contributed by atoms with E-state index >= 15 is 0 Å². The molecule has 2 amide bonds. The first-order chi connectivity index (χ1) is 13.6. The fourth-order valence-electron chi connectivity index (χ4n) is 4.80. The maximum absolute atomic E-state index is 13.0. The summed E-state index contributed by atoms with van der Waals surface area (Å²) in [5.41, 5.74) is 9.01. The summed E-state index contributed by atoms with van der Waals surface area (Å²) >= 11 is 0. The van der Waals surface area contributed by atoms with Crippen molar-refractivity contribution in [3.63, 3.8) is 0 Å². The van der Waals surface area contributed by atoms with Crippen LogP contribution in [0.5, 0.6) is 0 Å². The number of aliphatic hydroxyl groups is 1. The third-order valence-corrected chi connectivity index (χ3v) is 6.63. The van der Waals surface area contributed by atoms with Crippen molar-refractivity contribution in [1.29, 1.82) is 0 Å². The van der Waals surface area contributed by atoms with Gasteiger partial charge in [0.1, 0.15) is 11.2 Å². The molecule has 1 aliphatic carbocycles. The average molecular weight is 401 g/mol. The van der Waals surface area contributed by atoms with Crippen molar-refractivity contribution in [3.8, 4) is 0 Å². The van der Waals surface area contributed by atoms with Crippen LogP contribution < -0.4 is 16.5 Å². The van der Waals surface area contributed by atoms with E-state index in [2.05, 4.69) is 10.7 Å². The Morgan fingerprint density at radius 1 is 1.28 bits per heavy atom. The number of likely N-dealkylation sites (N-methyl/N-ethyl adjacent to an activating group) is 1. The van der Waals surface area contributed by atoms with Crippen LogP contribution in [0, 0.1) is 11.3 Å². The SMILES string of the molecule is CNC(=O)C1=CC(C(N)=O)([C@@H]2CC[C@H](O)C(C)(C)C2)N([C@@H](C)c2ccccc2)N1. The van der Waals surface area contributed by atoms with E-state index in [0.29, 0.717) is 25.0 Å². The largest absolute Gasteiger partial charge is 0.393 e. The van der Waals surface area contributed by atoms with Gasteiger partial charge in [0, 0.05) is 7.05 Å². The van der Waals surface area contributed by atoms with Crippen LogP contribution in [0.2, 0.25) is 0 Å². The van der Waals surface area contributed by atoms with Gasteiger partial charge in [0.15, 0.2) is 0 Å². The normalized spacial score (nSPS) is 30.2. The minimum absolute atomic E-state index is 0.140. The number of hydrogen-bond acceptors (Lipinski definition) is 5. The Hall–Kier alpha value is -2.38. The average Bonchev–Trinajstić information content (AvgIpc) is 3.11. The van der Waals surface area contributed by atoms with Gasteiger partial charge >= 0.3 is 0 Å². The summed E-state index contributed by atoms with van der Waals surface area (Å²) in [7, 11) is 1.56. The molecule has 0 radical (unpaired) electrons. The molecule has 0 saturated heterocycles. The van der Waals surface area contributed by atoms with Crippen molar-refractivity contribution >= 4 is 11.8 Å². The van der Waals surface area contributed by atoms with E-state index in [1.807, 2.05) is 56.1 Å². The number of benzene rings is 1. The molecule has 1 unspecified atom stereocenters. The van der Waals surface area contributed by atoms with Crippen molar-refractivity contribution in [1.82, 2.24) is 15.8 Å². The molecular weight excluding hydrogens is 368 g/mol. The number of carbonyl (C=O) groups is 2. The van der Waals surface area contributed by atoms with Crippen molar-refractivity contribution in [2.45, 2.75) is 57.7 Å². The van der Waals surface area contributed by atoms with E-state index in [1.54, 1.807) is 13.1 Å². The molecular formula is C22H32N4O3. The highest BCUT2D eigenvalue weighted by Gasteiger charge is 2.56. The number of hydrogen-bond donors (Lipinski definition) is 4. The summed E-state index contributed by atoms with van der Waals surface area (Å²) in [5.74, 6) is -0.934. The molecule has 3 rings (SSSR count). The highest BCUT2D eigenvalue weighted by atomic mass is 16.3. The van der Waals surface area contributed by atoms with Gasteiger partial charge in [0.05, 0.1) is 12.1 Å². The molecule has 2 aliphatic rings. The van der Waals surface area contributed by atoms with Crippen LogP contribution in [0.3, 0.4) is 0 Å². The fraction of sp³-hybridized carbons (Fsp3) is 0.545. The summed E-state index contributed by atoms with van der Waals surface area (Å²) in [6.45, 7) is 6.01. The Bertz CT molecular complexity index is 808. The number of nitrogens with two attached hydrogens (primary N) is 1. The molecule has 7 nitrogen and oxygen atoms in total. The highest BCUT2D eigenvalue weighted by Crippen LogP contribution is 2.48. The standard InChI is InChI=1S/C22H32N4O3/c1-14(15-8-6-5-7-9-15)26-22(20(23)29,13-17(25-26)19(28)24-4)16-10-11-18(27)21(2,3)12-16/h5-9,13-14,16,18,25,27H,10-12H2,1-4H3,(H2,23,29)(H,24,28)/t14-,16+,18-,22?/m0/s1. The zero-order valence-electron chi connectivity index (χ0n) is 17.6. The molecule has 4 atom stereocenters. The van der Waals surface area contributed by atoms with Gasteiger partial charge in [-0.2, -0.15) is 5.01 Å². The van der Waals surface area contributed by atoms with Crippen LogP contribution in [0.25, 0.3) is 0 Å². The Kier molecular flexibility index (Phi) is 5.74. The molecule has 1 aromatic carbocycles. The first kappa shape index (κ1) is 21.3. The molecule has 5 N–H and O–H groups in total. The van der Waals surface area contributed by atoms with Gasteiger partial charge in [-0.25, -0.2) is 0 Å². The minimum atomic E-state index is -1.17. The molecule has 1 saturated carbocycles. The fourth-order valence-corrected chi connectivity index (χ4v) is 4.80. The Labute approximate surface area is 172 Å². The lowest BCUT2D eigenvalue weighted by atomic mass is 9.63. The monoisotopic (exact) mass is 400 g/mol. The number of carbonyl (C=O) groups excluding carboxylic acids is 2. The lowest BCUT2D eigenvalue weighted by Crippen LogP contribution is -2.63. The highest BCUT2D eigenvalue weighted by molar-refractivity contribution is 5.97. The molecule has 29 heavy (non-hydrogen) atoms. The van der Waals surface area contributed by atoms with Crippen molar-refractivity contribution < 1.29 is 14.7 Å². The summed E-state index contributed by atoms with van der Waals surface area (Å²) < 4.78 is 0. The smallest absolute Gasteiger partial charge is 0.268 e. The number of aliphatic hydroxyl groups excluding tert-OH is 1. The number of amides is 2. The van der Waals surface area contributed by atoms with Gasteiger partial charge in [-0.1, -0.05) is 44.2 Å². The Morgan fingerprint density at radius 3 is 2.48 bits per heavy atom. The third kappa shape index (κ3) is 3.65. The predicted molar refractivity (Wildman–Crippen MR) is 111 cm³/mol. The lowest BCUT2D eigenvalue weighted by Gasteiger charge is -2.49. The zero-order chi connectivity index (χ0) is 21.4. The summed E-state index contributed by atoms with van der Waals surface area (Å²) in [5, 5.41) is 14.9. The Morgan fingerprint density at radius 2 is 1.93 bits per heavy atom. The van der Waals surface area contributed by atoms with E-state index in [0.717, 1.165) is 5.56 Å². The second-order valence-corrected chi connectivity index (χ2v) is 8.88. The molecule has 0 spiro atoms. The van der Waals surface area contributed by atoms with Crippen LogP contribution in [-0.4, -0.2) is 40.6 Å². The van der Waals surface area contributed by atoms with Gasteiger partial charge in [0.2, 0.25) is 5.91 Å². The second-order valence-electron chi connectivity index (χ2n) is 8.88. The van der Waals surface area contributed by atoms with Gasteiger partial charge in [-0.15, -0.1) is 0 Å². The number of primary amides is 1. The molecule has 1 heterocycles. The quantitative estimate of drug-likeness (QED) is 0.601. The summed E-state index contributed by atoms with van der Waals surface area (Å²) in [6.07, 6.45) is 3.11. The topological polar surface area (TPSA) is 108 Å². The molecule has 1 aliphatic heterocycles. The van der Waals surface area contributed by atoms with E-state index in [4.69, 9.17) is 5.73 Å². The molecule has 0 aromatic heterocycles. The van der Waals surface area contributed by atoms with Crippen LogP contribution >= 0.6 is 0 Å². The first-order valence-corrected chi connectivity index (χ1v) is 10.2. The zero-order valence-corrected chi connectivity index (χ0v) is 17.6. The van der Waals surface area contributed by atoms with Crippen LogP contribution in [0.15, 0.2) is 42.1 Å². The van der Waals surface area contributed by atoms with Crippen molar-refractivity contribution in [3.05, 3.63) is 47.7 Å². The first-order valence-electron chi connectivity index (χ1n) is 10.2. The van der Waals surface area contributed by atoms with Crippen LogP contribution in [0.4, 0.5) is 0 Å². The molecule has 1 aromatic rings. The maximum Gasteiger partial charge on any atom is 0.268 e. The molecule has 0 bridgehead atoms. The number of rotatable bonds is 5. The van der Waals surface area contributed by atoms with E-state index in [1.165, 1.54) is 0 Å². The number of hydrazine groups is 1. The molecule has 158 valence electrons. The van der Waals surface area contributed by atoms with Gasteiger partial charge in [-0.3, -0.25) is 9.59 Å². The van der Waals surface area contributed by atoms with E-state index in [-0.39, 0.29) is 23.3 Å². The minimum Gasteiger partial charge on any atom is -0.393 e. The summed E-state index contributed by atoms with van der Waals surface area (Å²) in [4.78, 5) is 25.5. The van der Waals surface area contributed by atoms with Crippen LogP contribution in [0.1, 0.15) is 51.6 Å². The number of nitrogens with one attached hydrogen (secondary N) is 2. The van der Waals surface area contributed by atoms with Crippen LogP contribution in [-0.2, 0) is 9.59 Å². The third-order valence-electron chi connectivity index (χ3n) is 6.63. The lowest BCUT2D eigenvalue weighted by molar-refractivity contribution is -0.138. The second kappa shape index (κ2) is 7.80. The van der Waals surface area contributed by atoms with Gasteiger partial charge < -0.3 is 21.6 Å². The van der Waals surface area contributed by atoms with Gasteiger partial charge in [-0.05, 0) is 49.2 Å². The maximum atomic E-state index is 13.0. The Balaban J connectivity index is 2.09. The van der Waals surface area contributed by atoms with Gasteiger partial charge in [0.25, 0.3) is 5.91 Å². The van der Waals surface area contributed by atoms with E-state index < -0.39 is 17.6 Å². The van der Waals surface area contributed by atoms with Crippen molar-refractivity contribution in [2.75, 3.05) is 7.05 Å². The molecule has 1 fully saturated rings. The summed E-state index contributed by atoms with van der Waals surface area (Å²) in [6, 6.07) is 9.60. The predicted octanol–water partition coefficient (Wildman–Crippen LogP) is 1.61. The number of nitrogens with zero attached hydrogens (tertiary/aromatic N) is 1.